The number of phenols is 2. The summed E-state index contributed by atoms with van der Waals surface area (Å²) in [5, 5.41) is 21.3. The lowest BCUT2D eigenvalue weighted by atomic mass is 10.0. The van der Waals surface area contributed by atoms with Crippen molar-refractivity contribution in [2.45, 2.75) is 25.7 Å². The van der Waals surface area contributed by atoms with Gasteiger partial charge in [0.15, 0.2) is 11.5 Å². The average molecular weight is 413 g/mol. The van der Waals surface area contributed by atoms with Crippen molar-refractivity contribution in [3.63, 3.8) is 0 Å². The van der Waals surface area contributed by atoms with Crippen molar-refractivity contribution in [1.82, 2.24) is 5.32 Å². The fourth-order valence-electron chi connectivity index (χ4n) is 2.44. The maximum atomic E-state index is 12.4. The predicted octanol–water partition coefficient (Wildman–Crippen LogP) is 2.90. The number of hydrogen-bond acceptors (Lipinski definition) is 6. The SMILES string of the molecule is CCOC(=O)[C@H](Cc1ccc(O)c(O)c1)NC(=O)c1cccc(OC(F)(F)F)c1. The van der Waals surface area contributed by atoms with E-state index < -0.39 is 35.8 Å². The van der Waals surface area contributed by atoms with E-state index >= 15 is 0 Å². The van der Waals surface area contributed by atoms with E-state index in [0.717, 1.165) is 12.1 Å². The molecule has 0 radical (unpaired) electrons. The van der Waals surface area contributed by atoms with Crippen LogP contribution in [0.25, 0.3) is 0 Å². The zero-order chi connectivity index (χ0) is 21.6. The van der Waals surface area contributed by atoms with Crippen molar-refractivity contribution < 1.29 is 42.4 Å². The molecular weight excluding hydrogens is 395 g/mol. The lowest BCUT2D eigenvalue weighted by molar-refractivity contribution is -0.274. The summed E-state index contributed by atoms with van der Waals surface area (Å²) in [4.78, 5) is 24.6. The van der Waals surface area contributed by atoms with E-state index in [0.29, 0.717) is 5.56 Å². The summed E-state index contributed by atoms with van der Waals surface area (Å²) in [7, 11) is 0. The number of benzene rings is 2. The molecule has 0 bridgehead atoms. The van der Waals surface area contributed by atoms with Crippen LogP contribution in [-0.4, -0.2) is 41.1 Å². The number of carbonyl (C=O) groups excluding carboxylic acids is 2. The Labute approximate surface area is 163 Å². The van der Waals surface area contributed by atoms with Gasteiger partial charge in [0.25, 0.3) is 5.91 Å². The minimum Gasteiger partial charge on any atom is -0.504 e. The van der Waals surface area contributed by atoms with Gasteiger partial charge >= 0.3 is 12.3 Å². The van der Waals surface area contributed by atoms with Gasteiger partial charge in [-0.25, -0.2) is 4.79 Å². The van der Waals surface area contributed by atoms with Crippen LogP contribution in [0.5, 0.6) is 17.2 Å². The number of amides is 1. The van der Waals surface area contributed by atoms with E-state index in [1.807, 2.05) is 0 Å². The molecule has 2 rings (SSSR count). The van der Waals surface area contributed by atoms with Crippen LogP contribution in [0.2, 0.25) is 0 Å². The second kappa shape index (κ2) is 9.18. The number of nitrogens with one attached hydrogen (secondary N) is 1. The van der Waals surface area contributed by atoms with Crippen LogP contribution >= 0.6 is 0 Å². The van der Waals surface area contributed by atoms with Gasteiger partial charge in [0.1, 0.15) is 11.8 Å². The number of hydrogen-bond donors (Lipinski definition) is 3. The molecule has 0 spiro atoms. The van der Waals surface area contributed by atoms with E-state index in [1.54, 1.807) is 6.92 Å². The normalized spacial score (nSPS) is 12.1. The first-order valence-electron chi connectivity index (χ1n) is 8.43. The summed E-state index contributed by atoms with van der Waals surface area (Å²) in [5.74, 6) is -2.93. The van der Waals surface area contributed by atoms with E-state index in [9.17, 15) is 33.0 Å². The minimum absolute atomic E-state index is 0.0426. The van der Waals surface area contributed by atoms with Crippen molar-refractivity contribution in [2.24, 2.45) is 0 Å². The fraction of sp³-hybridized carbons (Fsp3) is 0.263. The van der Waals surface area contributed by atoms with Crippen molar-refractivity contribution in [3.8, 4) is 17.2 Å². The summed E-state index contributed by atoms with van der Waals surface area (Å²) in [6.45, 7) is 1.61. The monoisotopic (exact) mass is 413 g/mol. The first kappa shape index (κ1) is 21.9. The first-order valence-corrected chi connectivity index (χ1v) is 8.43. The number of alkyl halides is 3. The third kappa shape index (κ3) is 6.59. The summed E-state index contributed by atoms with van der Waals surface area (Å²) in [5.41, 5.74) is 0.252. The molecule has 156 valence electrons. The molecule has 2 aromatic carbocycles. The fourth-order valence-corrected chi connectivity index (χ4v) is 2.44. The number of phenolic OH excluding ortho intramolecular Hbond substituents is 2. The van der Waals surface area contributed by atoms with Gasteiger partial charge in [-0.3, -0.25) is 4.79 Å². The van der Waals surface area contributed by atoms with E-state index in [-0.39, 0.29) is 24.3 Å². The van der Waals surface area contributed by atoms with Crippen LogP contribution in [0.15, 0.2) is 42.5 Å². The van der Waals surface area contributed by atoms with Gasteiger partial charge < -0.3 is 25.0 Å². The Balaban J connectivity index is 2.19. The van der Waals surface area contributed by atoms with Gasteiger partial charge in [-0.1, -0.05) is 12.1 Å². The number of halogens is 3. The van der Waals surface area contributed by atoms with Crippen LogP contribution in [0.4, 0.5) is 13.2 Å². The Bertz CT molecular complexity index is 884. The van der Waals surface area contributed by atoms with Gasteiger partial charge in [-0.15, -0.1) is 13.2 Å². The molecule has 0 saturated heterocycles. The van der Waals surface area contributed by atoms with Crippen molar-refractivity contribution in [2.75, 3.05) is 6.61 Å². The molecule has 0 unspecified atom stereocenters. The zero-order valence-corrected chi connectivity index (χ0v) is 15.2. The number of carbonyl (C=O) groups is 2. The molecule has 0 aromatic heterocycles. The van der Waals surface area contributed by atoms with E-state index in [2.05, 4.69) is 10.1 Å². The number of ether oxygens (including phenoxy) is 2. The summed E-state index contributed by atoms with van der Waals surface area (Å²) in [6.07, 6.45) is -5.00. The zero-order valence-electron chi connectivity index (χ0n) is 15.2. The van der Waals surface area contributed by atoms with Crippen molar-refractivity contribution in [3.05, 3.63) is 53.6 Å². The standard InChI is InChI=1S/C19H18F3NO6/c1-2-28-18(27)14(8-11-6-7-15(24)16(25)9-11)23-17(26)12-4-3-5-13(10-12)29-19(20,21)22/h3-7,9-10,14,24-25H,2,8H2,1H3,(H,23,26)/t14-/m0/s1. The molecule has 29 heavy (non-hydrogen) atoms. The predicted molar refractivity (Wildman–Crippen MR) is 94.5 cm³/mol. The molecular formula is C19H18F3NO6. The molecule has 0 heterocycles. The molecule has 0 aliphatic rings. The van der Waals surface area contributed by atoms with Crippen molar-refractivity contribution in [1.29, 1.82) is 0 Å². The summed E-state index contributed by atoms with van der Waals surface area (Å²) in [6, 6.07) is 7.06. The average Bonchev–Trinajstić information content (AvgIpc) is 2.63. The quantitative estimate of drug-likeness (QED) is 0.476. The first-order chi connectivity index (χ1) is 13.6. The van der Waals surface area contributed by atoms with Gasteiger partial charge in [-0.2, -0.15) is 0 Å². The Morgan fingerprint density at radius 3 is 2.45 bits per heavy atom. The molecule has 1 amide bonds. The van der Waals surface area contributed by atoms with Gasteiger partial charge in [0.2, 0.25) is 0 Å². The lowest BCUT2D eigenvalue weighted by Crippen LogP contribution is -2.43. The van der Waals surface area contributed by atoms with E-state index in [4.69, 9.17) is 4.74 Å². The maximum Gasteiger partial charge on any atom is 0.573 e. The van der Waals surface area contributed by atoms with Crippen LogP contribution < -0.4 is 10.1 Å². The number of aromatic hydroxyl groups is 2. The highest BCUT2D eigenvalue weighted by Gasteiger charge is 2.31. The highest BCUT2D eigenvalue weighted by atomic mass is 19.4. The molecule has 3 N–H and O–H groups in total. The highest BCUT2D eigenvalue weighted by Crippen LogP contribution is 2.26. The molecule has 1 atom stereocenters. The van der Waals surface area contributed by atoms with Crippen LogP contribution in [-0.2, 0) is 16.0 Å². The van der Waals surface area contributed by atoms with Gasteiger partial charge in [0.05, 0.1) is 6.61 Å². The largest absolute Gasteiger partial charge is 0.573 e. The molecule has 2 aromatic rings. The Kier molecular flexibility index (Phi) is 6.92. The smallest absolute Gasteiger partial charge is 0.504 e. The Morgan fingerprint density at radius 2 is 1.83 bits per heavy atom. The van der Waals surface area contributed by atoms with Crippen molar-refractivity contribution >= 4 is 11.9 Å². The van der Waals surface area contributed by atoms with Crippen LogP contribution in [0, 0.1) is 0 Å². The van der Waals surface area contributed by atoms with Gasteiger partial charge in [-0.05, 0) is 42.8 Å². The minimum atomic E-state index is -4.91. The molecule has 0 aliphatic heterocycles. The van der Waals surface area contributed by atoms with E-state index in [1.165, 1.54) is 30.3 Å². The van der Waals surface area contributed by atoms with Crippen LogP contribution in [0.3, 0.4) is 0 Å². The summed E-state index contributed by atoms with van der Waals surface area (Å²) < 4.78 is 45.8. The van der Waals surface area contributed by atoms with Crippen LogP contribution in [0.1, 0.15) is 22.8 Å². The molecule has 10 heteroatoms. The molecule has 0 saturated carbocycles. The van der Waals surface area contributed by atoms with Gasteiger partial charge in [0, 0.05) is 12.0 Å². The second-order valence-electron chi connectivity index (χ2n) is 5.88. The Morgan fingerprint density at radius 1 is 1.10 bits per heavy atom. The third-order valence-electron chi connectivity index (χ3n) is 3.69. The molecule has 7 nitrogen and oxygen atoms in total. The third-order valence-corrected chi connectivity index (χ3v) is 3.69. The maximum absolute atomic E-state index is 12.4. The Hall–Kier alpha value is -3.43. The summed E-state index contributed by atoms with van der Waals surface area (Å²) >= 11 is 0. The highest BCUT2D eigenvalue weighted by molar-refractivity contribution is 5.97. The second-order valence-corrected chi connectivity index (χ2v) is 5.88. The topological polar surface area (TPSA) is 105 Å². The molecule has 0 fully saturated rings. The lowest BCUT2D eigenvalue weighted by Gasteiger charge is -2.18. The number of esters is 1. The number of rotatable bonds is 7. The molecule has 0 aliphatic carbocycles.